The van der Waals surface area contributed by atoms with Gasteiger partial charge in [-0.2, -0.15) is 0 Å². The van der Waals surface area contributed by atoms with Crippen molar-refractivity contribution in [1.82, 2.24) is 4.98 Å². The van der Waals surface area contributed by atoms with E-state index < -0.39 is 0 Å². The Bertz CT molecular complexity index is 733. The van der Waals surface area contributed by atoms with Crippen LogP contribution < -0.4 is 16.0 Å². The van der Waals surface area contributed by atoms with Crippen molar-refractivity contribution in [2.45, 2.75) is 39.0 Å². The summed E-state index contributed by atoms with van der Waals surface area (Å²) in [4.78, 5) is 19.1. The van der Waals surface area contributed by atoms with E-state index in [0.29, 0.717) is 5.56 Å². The quantitative estimate of drug-likeness (QED) is 0.882. The van der Waals surface area contributed by atoms with E-state index >= 15 is 0 Å². The van der Waals surface area contributed by atoms with Gasteiger partial charge in [-0.1, -0.05) is 12.1 Å². The number of aromatic nitrogens is 1. The van der Waals surface area contributed by atoms with Gasteiger partial charge in [-0.15, -0.1) is 0 Å². The van der Waals surface area contributed by atoms with Crippen LogP contribution in [0, 0.1) is 0 Å². The van der Waals surface area contributed by atoms with Gasteiger partial charge in [0.25, 0.3) is 5.91 Å². The molecule has 1 aliphatic heterocycles. The number of hydrogen-bond donors (Lipinski definition) is 2. The summed E-state index contributed by atoms with van der Waals surface area (Å²) in [7, 11) is 0. The molecular weight excluding hydrogens is 328 g/mol. The summed E-state index contributed by atoms with van der Waals surface area (Å²) < 4.78 is 5.75. The summed E-state index contributed by atoms with van der Waals surface area (Å²) in [6.07, 6.45) is 1.96. The van der Waals surface area contributed by atoms with Gasteiger partial charge in [0, 0.05) is 31.0 Å². The fourth-order valence-electron chi connectivity index (χ4n) is 3.15. The number of rotatable bonds is 4. The summed E-state index contributed by atoms with van der Waals surface area (Å²) in [6.45, 7) is 7.64. The third-order valence-electron chi connectivity index (χ3n) is 4.45. The minimum atomic E-state index is -0.179. The lowest BCUT2D eigenvalue weighted by molar-refractivity contribution is -0.00546. The van der Waals surface area contributed by atoms with Crippen LogP contribution in [0.4, 0.5) is 11.5 Å². The molecule has 1 fully saturated rings. The van der Waals surface area contributed by atoms with E-state index in [4.69, 9.17) is 10.5 Å². The van der Waals surface area contributed by atoms with Gasteiger partial charge in [0.05, 0.1) is 17.8 Å². The Hall–Kier alpha value is -2.44. The van der Waals surface area contributed by atoms with E-state index in [1.54, 1.807) is 12.3 Å². The number of anilines is 2. The molecule has 1 aromatic carbocycles. The van der Waals surface area contributed by atoms with Gasteiger partial charge in [-0.25, -0.2) is 4.98 Å². The maximum atomic E-state index is 12.4. The summed E-state index contributed by atoms with van der Waals surface area (Å²) in [5, 5.41) is 2.88. The first kappa shape index (κ1) is 18.4. The molecule has 1 aromatic heterocycles. The summed E-state index contributed by atoms with van der Waals surface area (Å²) in [5.74, 6) is 0.686. The van der Waals surface area contributed by atoms with Crippen molar-refractivity contribution < 1.29 is 9.53 Å². The largest absolute Gasteiger partial charge is 0.372 e. The monoisotopic (exact) mass is 354 g/mol. The zero-order chi connectivity index (χ0) is 18.7. The summed E-state index contributed by atoms with van der Waals surface area (Å²) in [5.41, 5.74) is 8.13. The lowest BCUT2D eigenvalue weighted by atomic mass is 10.1. The number of carbonyl (C=O) groups excluding carboxylic acids is 1. The zero-order valence-electron chi connectivity index (χ0n) is 15.5. The lowest BCUT2D eigenvalue weighted by Crippen LogP contribution is -2.45. The highest BCUT2D eigenvalue weighted by molar-refractivity contribution is 6.04. The van der Waals surface area contributed by atoms with Gasteiger partial charge in [0.1, 0.15) is 5.82 Å². The Kier molecular flexibility index (Phi) is 5.54. The van der Waals surface area contributed by atoms with Crippen molar-refractivity contribution >= 4 is 17.4 Å². The highest BCUT2D eigenvalue weighted by Gasteiger charge is 2.23. The molecule has 3 atom stereocenters. The minimum absolute atomic E-state index is 0.0258. The zero-order valence-corrected chi connectivity index (χ0v) is 15.5. The number of morpholine rings is 1. The van der Waals surface area contributed by atoms with Crippen LogP contribution in [0.2, 0.25) is 0 Å². The molecule has 0 saturated carbocycles. The number of nitrogens with two attached hydrogens (primary N) is 1. The summed E-state index contributed by atoms with van der Waals surface area (Å²) >= 11 is 0. The fraction of sp³-hybridized carbons (Fsp3) is 0.400. The molecule has 0 radical (unpaired) electrons. The van der Waals surface area contributed by atoms with Crippen LogP contribution in [0.3, 0.4) is 0 Å². The van der Waals surface area contributed by atoms with E-state index in [0.717, 1.165) is 30.2 Å². The Balaban J connectivity index is 1.65. The molecule has 1 aliphatic rings. The predicted molar refractivity (Wildman–Crippen MR) is 103 cm³/mol. The molecule has 26 heavy (non-hydrogen) atoms. The van der Waals surface area contributed by atoms with Crippen molar-refractivity contribution in [3.63, 3.8) is 0 Å². The molecule has 0 bridgehead atoms. The third-order valence-corrected chi connectivity index (χ3v) is 4.45. The SMILES string of the molecule is CC1CN(c2ccc(C(=O)Nc3ccc([C@H](C)N)cc3)cn2)CC(C)O1. The molecule has 3 rings (SSSR count). The van der Waals surface area contributed by atoms with Gasteiger partial charge < -0.3 is 20.7 Å². The molecule has 2 unspecified atom stereocenters. The average Bonchev–Trinajstić information content (AvgIpc) is 2.61. The maximum Gasteiger partial charge on any atom is 0.257 e. The van der Waals surface area contributed by atoms with Crippen LogP contribution in [-0.2, 0) is 4.74 Å². The Morgan fingerprint density at radius 3 is 2.38 bits per heavy atom. The first-order valence-corrected chi connectivity index (χ1v) is 8.95. The van der Waals surface area contributed by atoms with E-state index in [-0.39, 0.29) is 24.2 Å². The number of hydrogen-bond acceptors (Lipinski definition) is 5. The van der Waals surface area contributed by atoms with Crippen LogP contribution >= 0.6 is 0 Å². The first-order valence-electron chi connectivity index (χ1n) is 8.95. The molecule has 2 heterocycles. The number of amides is 1. The second-order valence-electron chi connectivity index (χ2n) is 6.93. The highest BCUT2D eigenvalue weighted by Crippen LogP contribution is 2.19. The Labute approximate surface area is 154 Å². The Morgan fingerprint density at radius 1 is 1.19 bits per heavy atom. The van der Waals surface area contributed by atoms with E-state index in [1.165, 1.54) is 0 Å². The molecule has 2 aromatic rings. The molecule has 6 heteroatoms. The lowest BCUT2D eigenvalue weighted by Gasteiger charge is -2.36. The van der Waals surface area contributed by atoms with Crippen LogP contribution in [-0.4, -0.2) is 36.2 Å². The highest BCUT2D eigenvalue weighted by atomic mass is 16.5. The Morgan fingerprint density at radius 2 is 1.85 bits per heavy atom. The second kappa shape index (κ2) is 7.85. The first-order chi connectivity index (χ1) is 12.4. The van der Waals surface area contributed by atoms with Crippen LogP contribution in [0.5, 0.6) is 0 Å². The van der Waals surface area contributed by atoms with Crippen molar-refractivity contribution in [3.8, 4) is 0 Å². The van der Waals surface area contributed by atoms with Crippen LogP contribution in [0.1, 0.15) is 42.7 Å². The summed E-state index contributed by atoms with van der Waals surface area (Å²) in [6, 6.07) is 11.2. The van der Waals surface area contributed by atoms with E-state index in [9.17, 15) is 4.79 Å². The number of nitrogens with zero attached hydrogens (tertiary/aromatic N) is 2. The predicted octanol–water partition coefficient (Wildman–Crippen LogP) is 2.97. The molecule has 1 saturated heterocycles. The van der Waals surface area contributed by atoms with Gasteiger partial charge in [-0.3, -0.25) is 4.79 Å². The van der Waals surface area contributed by atoms with Gasteiger partial charge in [-0.05, 0) is 50.6 Å². The van der Waals surface area contributed by atoms with E-state index in [1.807, 2.05) is 37.3 Å². The number of carbonyl (C=O) groups is 1. The van der Waals surface area contributed by atoms with Crippen molar-refractivity contribution in [2.24, 2.45) is 5.73 Å². The molecular formula is C20H26N4O2. The molecule has 3 N–H and O–H groups in total. The topological polar surface area (TPSA) is 80.5 Å². The molecule has 1 amide bonds. The standard InChI is InChI=1S/C20H26N4O2/c1-13-11-24(12-14(2)26-13)19-9-6-17(10-22-19)20(25)23-18-7-4-16(5-8-18)15(3)21/h4-10,13-15H,11-12,21H2,1-3H3,(H,23,25)/t13?,14?,15-/m0/s1. The fourth-order valence-corrected chi connectivity index (χ4v) is 3.15. The van der Waals surface area contributed by atoms with Crippen molar-refractivity contribution in [1.29, 1.82) is 0 Å². The second-order valence-corrected chi connectivity index (χ2v) is 6.93. The van der Waals surface area contributed by atoms with Crippen molar-refractivity contribution in [2.75, 3.05) is 23.3 Å². The molecule has 6 nitrogen and oxygen atoms in total. The average molecular weight is 354 g/mol. The van der Waals surface area contributed by atoms with Crippen molar-refractivity contribution in [3.05, 3.63) is 53.7 Å². The van der Waals surface area contributed by atoms with E-state index in [2.05, 4.69) is 29.0 Å². The third kappa shape index (κ3) is 4.39. The molecule has 0 aliphatic carbocycles. The maximum absolute atomic E-state index is 12.4. The van der Waals surface area contributed by atoms with Gasteiger partial charge in [0.15, 0.2) is 0 Å². The smallest absolute Gasteiger partial charge is 0.257 e. The van der Waals surface area contributed by atoms with Gasteiger partial charge >= 0.3 is 0 Å². The van der Waals surface area contributed by atoms with Crippen LogP contribution in [0.15, 0.2) is 42.6 Å². The number of benzene rings is 1. The minimum Gasteiger partial charge on any atom is -0.372 e. The molecule has 0 spiro atoms. The van der Waals surface area contributed by atoms with Gasteiger partial charge in [0.2, 0.25) is 0 Å². The number of nitrogens with one attached hydrogen (secondary N) is 1. The normalized spacial score (nSPS) is 21.3. The number of pyridine rings is 1. The number of ether oxygens (including phenoxy) is 1. The van der Waals surface area contributed by atoms with Crippen LogP contribution in [0.25, 0.3) is 0 Å². The molecule has 138 valence electrons.